The zero-order valence-electron chi connectivity index (χ0n) is 16.0. The Morgan fingerprint density at radius 3 is 2.50 bits per heavy atom. The van der Waals surface area contributed by atoms with Crippen LogP contribution in [-0.4, -0.2) is 56.0 Å². The molecule has 3 amide bonds. The third kappa shape index (κ3) is 4.60. The van der Waals surface area contributed by atoms with Crippen LogP contribution < -0.4 is 10.6 Å². The van der Waals surface area contributed by atoms with Gasteiger partial charge in [-0.1, -0.05) is 30.3 Å². The highest BCUT2D eigenvalue weighted by Crippen LogP contribution is 2.29. The average molecular weight is 435 g/mol. The van der Waals surface area contributed by atoms with Crippen molar-refractivity contribution in [3.05, 3.63) is 65.5 Å². The molecule has 3 N–H and O–H groups in total. The number of sulfonamides is 1. The van der Waals surface area contributed by atoms with Crippen LogP contribution in [0.2, 0.25) is 0 Å². The molecule has 3 rings (SSSR count). The molecule has 30 heavy (non-hydrogen) atoms. The maximum absolute atomic E-state index is 13.7. The Labute approximate surface area is 173 Å². The number of carbonyl (C=O) groups is 2. The van der Waals surface area contributed by atoms with Gasteiger partial charge in [-0.3, -0.25) is 4.79 Å². The van der Waals surface area contributed by atoms with Crippen molar-refractivity contribution in [1.82, 2.24) is 14.9 Å². The van der Waals surface area contributed by atoms with Crippen LogP contribution in [0.1, 0.15) is 15.9 Å². The summed E-state index contributed by atoms with van der Waals surface area (Å²) in [7, 11) is -3.92. The maximum atomic E-state index is 13.7. The van der Waals surface area contributed by atoms with E-state index in [-0.39, 0.29) is 54.9 Å². The normalized spacial score (nSPS) is 15.5. The highest BCUT2D eigenvalue weighted by molar-refractivity contribution is 7.90. The second-order valence-electron chi connectivity index (χ2n) is 6.86. The second kappa shape index (κ2) is 9.23. The minimum absolute atomic E-state index is 0.0432. The Morgan fingerprint density at radius 1 is 1.10 bits per heavy atom. The van der Waals surface area contributed by atoms with Crippen LogP contribution in [0.4, 0.5) is 9.18 Å². The lowest BCUT2D eigenvalue weighted by Crippen LogP contribution is -2.43. The largest absolute Gasteiger partial charge is 0.396 e. The average Bonchev–Trinajstić information content (AvgIpc) is 2.93. The van der Waals surface area contributed by atoms with Gasteiger partial charge in [0.05, 0.1) is 12.1 Å². The molecule has 0 fully saturated rings. The van der Waals surface area contributed by atoms with Gasteiger partial charge in [0.2, 0.25) is 0 Å². The summed E-state index contributed by atoms with van der Waals surface area (Å²) in [5.41, 5.74) is 0.553. The van der Waals surface area contributed by atoms with E-state index in [0.717, 1.165) is 4.31 Å². The van der Waals surface area contributed by atoms with Gasteiger partial charge in [-0.05, 0) is 30.2 Å². The van der Waals surface area contributed by atoms with Gasteiger partial charge in [0.15, 0.2) is 0 Å². The predicted molar refractivity (Wildman–Crippen MR) is 107 cm³/mol. The number of aliphatic hydroxyl groups is 1. The number of nitrogens with one attached hydrogen (secondary N) is 2. The highest BCUT2D eigenvalue weighted by atomic mass is 32.2. The van der Waals surface area contributed by atoms with E-state index in [4.69, 9.17) is 0 Å². The molecule has 1 atom stereocenters. The van der Waals surface area contributed by atoms with Crippen LogP contribution in [0.5, 0.6) is 0 Å². The third-order valence-electron chi connectivity index (χ3n) is 4.79. The molecule has 8 nitrogen and oxygen atoms in total. The highest BCUT2D eigenvalue weighted by Gasteiger charge is 2.40. The SMILES string of the molecule is O=C(NCCN1C(=O)c2ccccc2S1(=O)=O)NCC(CO)Cc1ccccc1F. The number of hydrogen-bond acceptors (Lipinski definition) is 5. The molecule has 160 valence electrons. The van der Waals surface area contributed by atoms with Crippen molar-refractivity contribution < 1.29 is 27.5 Å². The van der Waals surface area contributed by atoms with Crippen LogP contribution in [0, 0.1) is 11.7 Å². The fraction of sp³-hybridized carbons (Fsp3) is 0.300. The molecular weight excluding hydrogens is 413 g/mol. The van der Waals surface area contributed by atoms with E-state index in [2.05, 4.69) is 10.6 Å². The number of benzene rings is 2. The zero-order valence-corrected chi connectivity index (χ0v) is 16.9. The fourth-order valence-corrected chi connectivity index (χ4v) is 4.77. The summed E-state index contributed by atoms with van der Waals surface area (Å²) in [5.74, 6) is -1.39. The summed E-state index contributed by atoms with van der Waals surface area (Å²) in [6.07, 6.45) is 0.252. The molecule has 0 radical (unpaired) electrons. The van der Waals surface area contributed by atoms with Gasteiger partial charge in [0.25, 0.3) is 15.9 Å². The molecule has 1 unspecified atom stereocenters. The van der Waals surface area contributed by atoms with Crippen LogP contribution in [-0.2, 0) is 16.4 Å². The Morgan fingerprint density at radius 2 is 1.80 bits per heavy atom. The van der Waals surface area contributed by atoms with Crippen molar-refractivity contribution in [2.24, 2.45) is 5.92 Å². The maximum Gasteiger partial charge on any atom is 0.314 e. The molecule has 0 bridgehead atoms. The summed E-state index contributed by atoms with van der Waals surface area (Å²) >= 11 is 0. The first kappa shape index (κ1) is 21.7. The number of rotatable bonds is 8. The van der Waals surface area contributed by atoms with E-state index in [1.165, 1.54) is 24.3 Å². The zero-order chi connectivity index (χ0) is 21.7. The Balaban J connectivity index is 1.47. The van der Waals surface area contributed by atoms with Crippen LogP contribution in [0.3, 0.4) is 0 Å². The Hall–Kier alpha value is -2.98. The Bertz CT molecular complexity index is 1040. The number of aliphatic hydroxyl groups excluding tert-OH is 1. The molecule has 0 saturated carbocycles. The molecule has 0 saturated heterocycles. The summed E-state index contributed by atoms with van der Waals surface area (Å²) in [6, 6.07) is 11.6. The van der Waals surface area contributed by atoms with Gasteiger partial charge in [-0.2, -0.15) is 0 Å². The molecule has 10 heteroatoms. The van der Waals surface area contributed by atoms with Crippen molar-refractivity contribution in [3.63, 3.8) is 0 Å². The van der Waals surface area contributed by atoms with Crippen molar-refractivity contribution in [1.29, 1.82) is 0 Å². The number of urea groups is 1. The number of halogens is 1. The van der Waals surface area contributed by atoms with Gasteiger partial charge >= 0.3 is 6.03 Å². The first-order chi connectivity index (χ1) is 14.3. The van der Waals surface area contributed by atoms with E-state index >= 15 is 0 Å². The van der Waals surface area contributed by atoms with Crippen molar-refractivity contribution in [2.45, 2.75) is 11.3 Å². The van der Waals surface area contributed by atoms with E-state index in [1.54, 1.807) is 24.3 Å². The van der Waals surface area contributed by atoms with Crippen molar-refractivity contribution in [3.8, 4) is 0 Å². The second-order valence-corrected chi connectivity index (χ2v) is 8.69. The van der Waals surface area contributed by atoms with E-state index in [1.807, 2.05) is 0 Å². The number of carbonyl (C=O) groups excluding carboxylic acids is 2. The minimum Gasteiger partial charge on any atom is -0.396 e. The van der Waals surface area contributed by atoms with E-state index in [9.17, 15) is 27.5 Å². The molecule has 2 aromatic rings. The van der Waals surface area contributed by atoms with Gasteiger partial charge in [0, 0.05) is 25.6 Å². The standard InChI is InChI=1S/C20H22FN3O5S/c21-17-7-3-1-5-15(17)11-14(13-25)12-23-20(27)22-9-10-24-19(26)16-6-2-4-8-18(16)30(24,28)29/h1-8,14,25H,9-13H2,(H2,22,23,27). The molecule has 0 spiro atoms. The van der Waals surface area contributed by atoms with Gasteiger partial charge in [0.1, 0.15) is 10.7 Å². The van der Waals surface area contributed by atoms with Crippen LogP contribution in [0.25, 0.3) is 0 Å². The topological polar surface area (TPSA) is 116 Å². The lowest BCUT2D eigenvalue weighted by molar-refractivity contribution is 0.0871. The number of amides is 3. The summed E-state index contributed by atoms with van der Waals surface area (Å²) < 4.78 is 39.3. The minimum atomic E-state index is -3.92. The molecule has 1 aliphatic heterocycles. The van der Waals surface area contributed by atoms with Gasteiger partial charge < -0.3 is 15.7 Å². The lowest BCUT2D eigenvalue weighted by atomic mass is 10.00. The number of nitrogens with zero attached hydrogens (tertiary/aromatic N) is 1. The molecule has 0 aromatic heterocycles. The van der Waals surface area contributed by atoms with Crippen molar-refractivity contribution >= 4 is 22.0 Å². The smallest absolute Gasteiger partial charge is 0.314 e. The number of fused-ring (bicyclic) bond motifs is 1. The monoisotopic (exact) mass is 435 g/mol. The Kier molecular flexibility index (Phi) is 6.68. The van der Waals surface area contributed by atoms with Gasteiger partial charge in [-0.25, -0.2) is 21.9 Å². The molecular formula is C20H22FN3O5S. The quantitative estimate of drug-likeness (QED) is 0.575. The van der Waals surface area contributed by atoms with Crippen LogP contribution >= 0.6 is 0 Å². The summed E-state index contributed by atoms with van der Waals surface area (Å²) in [4.78, 5) is 24.2. The van der Waals surface area contributed by atoms with Crippen molar-refractivity contribution in [2.75, 3.05) is 26.2 Å². The van der Waals surface area contributed by atoms with Crippen LogP contribution in [0.15, 0.2) is 53.4 Å². The predicted octanol–water partition coefficient (Wildman–Crippen LogP) is 1.12. The van der Waals surface area contributed by atoms with E-state index < -0.39 is 22.0 Å². The summed E-state index contributed by atoms with van der Waals surface area (Å²) in [5, 5.41) is 14.5. The molecule has 1 heterocycles. The van der Waals surface area contributed by atoms with Gasteiger partial charge in [-0.15, -0.1) is 0 Å². The van der Waals surface area contributed by atoms with E-state index in [0.29, 0.717) is 5.56 Å². The first-order valence-electron chi connectivity index (χ1n) is 9.36. The molecule has 2 aromatic carbocycles. The molecule has 1 aliphatic rings. The first-order valence-corrected chi connectivity index (χ1v) is 10.8. The summed E-state index contributed by atoms with van der Waals surface area (Å²) in [6.45, 7) is -0.430. The fourth-order valence-electron chi connectivity index (χ4n) is 3.20. The number of hydrogen-bond donors (Lipinski definition) is 3. The lowest BCUT2D eigenvalue weighted by Gasteiger charge is -2.17. The third-order valence-corrected chi connectivity index (χ3v) is 6.63. The molecule has 0 aliphatic carbocycles.